The van der Waals surface area contributed by atoms with Crippen LogP contribution in [0, 0.1) is 0 Å². The van der Waals surface area contributed by atoms with Gasteiger partial charge in [-0.2, -0.15) is 0 Å². The highest BCUT2D eigenvalue weighted by molar-refractivity contribution is 7.21. The molecule has 2 aliphatic rings. The number of nitrogens with one attached hydrogen (secondary N) is 3. The summed E-state index contributed by atoms with van der Waals surface area (Å²) in [5, 5.41) is 11.0. The van der Waals surface area contributed by atoms with Crippen molar-refractivity contribution >= 4 is 38.8 Å². The number of pyridine rings is 1. The summed E-state index contributed by atoms with van der Waals surface area (Å²) >= 11 is 1.47. The molecule has 0 aliphatic carbocycles. The quantitative estimate of drug-likeness (QED) is 0.467. The first-order valence-corrected chi connectivity index (χ1v) is 12.9. The maximum absolute atomic E-state index is 12.9. The van der Waals surface area contributed by atoms with Crippen molar-refractivity contribution in [1.29, 1.82) is 0 Å². The second-order valence-electron chi connectivity index (χ2n) is 9.18. The van der Waals surface area contributed by atoms with E-state index in [0.717, 1.165) is 53.9 Å². The Morgan fingerprint density at radius 1 is 1.12 bits per heavy atom. The van der Waals surface area contributed by atoms with Crippen molar-refractivity contribution in [2.24, 2.45) is 0 Å². The predicted molar refractivity (Wildman–Crippen MR) is 138 cm³/mol. The van der Waals surface area contributed by atoms with Gasteiger partial charge in [-0.3, -0.25) is 4.79 Å². The molecular weight excluding hydrogens is 430 g/mol. The summed E-state index contributed by atoms with van der Waals surface area (Å²) in [7, 11) is 1.86. The van der Waals surface area contributed by atoms with Gasteiger partial charge in [0.15, 0.2) is 0 Å². The third-order valence-electron chi connectivity index (χ3n) is 6.79. The van der Waals surface area contributed by atoms with Crippen molar-refractivity contribution in [2.75, 3.05) is 36.9 Å². The molecule has 1 unspecified atom stereocenters. The molecule has 4 heterocycles. The first kappa shape index (κ1) is 22.2. The number of benzene rings is 1. The molecule has 7 heteroatoms. The molecule has 0 radical (unpaired) electrons. The first-order valence-electron chi connectivity index (χ1n) is 12.1. The molecule has 2 saturated heterocycles. The molecule has 2 fully saturated rings. The van der Waals surface area contributed by atoms with Gasteiger partial charge >= 0.3 is 0 Å². The van der Waals surface area contributed by atoms with E-state index in [0.29, 0.717) is 23.5 Å². The molecule has 0 saturated carbocycles. The molecule has 3 N–H and O–H groups in total. The Morgan fingerprint density at radius 3 is 2.58 bits per heavy atom. The fourth-order valence-corrected chi connectivity index (χ4v) is 6.22. The third-order valence-corrected chi connectivity index (χ3v) is 7.89. The standard InChI is InChI=1S/C26H33N5OS/c1-3-4-18-9-12-22-23(27-2)24(33-26(22)30-18)25(32)28-14-13-17-5-10-21(11-6-17)31-15-19-7-8-20(16-31)29-19/h5-6,9-12,19-20,27,29H,3-4,7-8,13-16H2,1-2H3,(H,28,32)/t19-,20?/m1/s1. The van der Waals surface area contributed by atoms with E-state index in [1.54, 1.807) is 0 Å². The van der Waals surface area contributed by atoms with Gasteiger partial charge < -0.3 is 20.9 Å². The van der Waals surface area contributed by atoms with E-state index in [1.807, 2.05) is 7.05 Å². The van der Waals surface area contributed by atoms with Crippen LogP contribution in [0.25, 0.3) is 10.2 Å². The van der Waals surface area contributed by atoms with Crippen molar-refractivity contribution in [1.82, 2.24) is 15.6 Å². The summed E-state index contributed by atoms with van der Waals surface area (Å²) < 4.78 is 0. The molecular formula is C26H33N5OS. The maximum atomic E-state index is 12.9. The van der Waals surface area contributed by atoms with Crippen LogP contribution in [0.15, 0.2) is 36.4 Å². The van der Waals surface area contributed by atoms with Crippen LogP contribution in [0.1, 0.15) is 47.1 Å². The molecule has 2 atom stereocenters. The predicted octanol–water partition coefficient (Wildman–Crippen LogP) is 4.20. The lowest BCUT2D eigenvalue weighted by Gasteiger charge is -2.34. The number of amides is 1. The monoisotopic (exact) mass is 463 g/mol. The normalized spacial score (nSPS) is 19.8. The Morgan fingerprint density at radius 2 is 1.88 bits per heavy atom. The fraction of sp³-hybridized carbons (Fsp3) is 0.462. The van der Waals surface area contributed by atoms with Crippen LogP contribution >= 0.6 is 11.3 Å². The largest absolute Gasteiger partial charge is 0.386 e. The van der Waals surface area contributed by atoms with E-state index < -0.39 is 0 Å². The van der Waals surface area contributed by atoms with E-state index in [9.17, 15) is 4.79 Å². The smallest absolute Gasteiger partial charge is 0.263 e. The van der Waals surface area contributed by atoms with Gasteiger partial charge in [-0.1, -0.05) is 25.5 Å². The van der Waals surface area contributed by atoms with Crippen molar-refractivity contribution in [2.45, 2.75) is 51.1 Å². The Hall–Kier alpha value is -2.64. The van der Waals surface area contributed by atoms with E-state index in [-0.39, 0.29) is 5.91 Å². The number of aryl methyl sites for hydroxylation is 1. The van der Waals surface area contributed by atoms with Gasteiger partial charge in [-0.25, -0.2) is 4.98 Å². The number of thiophene rings is 1. The number of anilines is 2. The average Bonchev–Trinajstić information content (AvgIpc) is 3.37. The number of rotatable bonds is 8. The highest BCUT2D eigenvalue weighted by Gasteiger charge is 2.32. The first-order chi connectivity index (χ1) is 16.1. The lowest BCUT2D eigenvalue weighted by Crippen LogP contribution is -2.51. The molecule has 174 valence electrons. The zero-order chi connectivity index (χ0) is 22.8. The molecule has 0 spiro atoms. The zero-order valence-corrected chi connectivity index (χ0v) is 20.3. The van der Waals surface area contributed by atoms with Gasteiger partial charge in [0, 0.05) is 55.5 Å². The van der Waals surface area contributed by atoms with E-state index in [1.165, 1.54) is 35.4 Å². The maximum Gasteiger partial charge on any atom is 0.263 e. The summed E-state index contributed by atoms with van der Waals surface area (Å²) in [6, 6.07) is 14.3. The molecule has 2 bridgehead atoms. The number of fused-ring (bicyclic) bond motifs is 3. The summed E-state index contributed by atoms with van der Waals surface area (Å²) in [5.74, 6) is -0.0349. The van der Waals surface area contributed by atoms with Gasteiger partial charge in [-0.05, 0) is 55.5 Å². The Bertz CT molecular complexity index is 1110. The van der Waals surface area contributed by atoms with Gasteiger partial charge in [0.05, 0.1) is 5.69 Å². The molecule has 1 amide bonds. The minimum Gasteiger partial charge on any atom is -0.386 e. The van der Waals surface area contributed by atoms with Crippen molar-refractivity contribution < 1.29 is 4.79 Å². The number of nitrogens with zero attached hydrogens (tertiary/aromatic N) is 2. The van der Waals surface area contributed by atoms with E-state index in [2.05, 4.69) is 64.2 Å². The summed E-state index contributed by atoms with van der Waals surface area (Å²) in [6.45, 7) is 4.97. The van der Waals surface area contributed by atoms with Crippen LogP contribution in [0.3, 0.4) is 0 Å². The molecule has 33 heavy (non-hydrogen) atoms. The van der Waals surface area contributed by atoms with Gasteiger partial charge in [0.1, 0.15) is 9.71 Å². The molecule has 2 aliphatic heterocycles. The highest BCUT2D eigenvalue weighted by atomic mass is 32.1. The van der Waals surface area contributed by atoms with Crippen LogP contribution in [0.4, 0.5) is 11.4 Å². The summed E-state index contributed by atoms with van der Waals surface area (Å²) in [6.07, 6.45) is 5.43. The molecule has 5 rings (SSSR count). The number of carbonyl (C=O) groups excluding carboxylic acids is 1. The van der Waals surface area contributed by atoms with Crippen LogP contribution in [0.5, 0.6) is 0 Å². The van der Waals surface area contributed by atoms with Crippen LogP contribution in [-0.2, 0) is 12.8 Å². The van der Waals surface area contributed by atoms with Crippen molar-refractivity contribution in [3.05, 3.63) is 52.5 Å². The molecule has 6 nitrogen and oxygen atoms in total. The van der Waals surface area contributed by atoms with Crippen LogP contribution < -0.4 is 20.9 Å². The minimum absolute atomic E-state index is 0.0349. The topological polar surface area (TPSA) is 69.3 Å². The van der Waals surface area contributed by atoms with Gasteiger partial charge in [0.25, 0.3) is 5.91 Å². The molecule has 3 aromatic rings. The lowest BCUT2D eigenvalue weighted by molar-refractivity contribution is 0.0959. The van der Waals surface area contributed by atoms with Crippen molar-refractivity contribution in [3.8, 4) is 0 Å². The summed E-state index contributed by atoms with van der Waals surface area (Å²) in [4.78, 5) is 21.8. The lowest BCUT2D eigenvalue weighted by atomic mass is 10.1. The Kier molecular flexibility index (Phi) is 6.51. The van der Waals surface area contributed by atoms with Crippen LogP contribution in [-0.4, -0.2) is 49.7 Å². The number of hydrogen-bond donors (Lipinski definition) is 3. The second-order valence-corrected chi connectivity index (χ2v) is 10.2. The van der Waals surface area contributed by atoms with Gasteiger partial charge in [0.2, 0.25) is 0 Å². The number of hydrogen-bond acceptors (Lipinski definition) is 6. The van der Waals surface area contributed by atoms with Crippen LogP contribution in [0.2, 0.25) is 0 Å². The Balaban J connectivity index is 1.19. The number of piperazine rings is 1. The second kappa shape index (κ2) is 9.69. The van der Waals surface area contributed by atoms with Gasteiger partial charge in [-0.15, -0.1) is 11.3 Å². The molecule has 1 aromatic carbocycles. The highest BCUT2D eigenvalue weighted by Crippen LogP contribution is 2.34. The number of carbonyl (C=O) groups is 1. The third kappa shape index (κ3) is 4.70. The van der Waals surface area contributed by atoms with E-state index >= 15 is 0 Å². The van der Waals surface area contributed by atoms with E-state index in [4.69, 9.17) is 4.98 Å². The zero-order valence-electron chi connectivity index (χ0n) is 19.5. The van der Waals surface area contributed by atoms with Crippen molar-refractivity contribution in [3.63, 3.8) is 0 Å². The Labute approximate surface area is 199 Å². The fourth-order valence-electron chi connectivity index (χ4n) is 5.10. The molecule has 2 aromatic heterocycles. The number of aromatic nitrogens is 1. The summed E-state index contributed by atoms with van der Waals surface area (Å²) in [5.41, 5.74) is 4.50. The minimum atomic E-state index is -0.0349. The average molecular weight is 464 g/mol. The SMILES string of the molecule is CCCc1ccc2c(NC)c(C(=O)NCCc3ccc(N4CC5CC[C@H](C4)N5)cc3)sc2n1.